The lowest BCUT2D eigenvalue weighted by molar-refractivity contribution is -0.136. The molecule has 4 nitrogen and oxygen atoms in total. The fourth-order valence-electron chi connectivity index (χ4n) is 2.72. The first-order valence-electron chi connectivity index (χ1n) is 6.63. The number of aromatic nitrogens is 1. The van der Waals surface area contributed by atoms with Crippen molar-refractivity contribution >= 4 is 5.91 Å². The molecule has 2 heterocycles. The number of piperidine rings is 1. The molecule has 0 aliphatic carbocycles. The number of amides is 1. The first kappa shape index (κ1) is 13.0. The van der Waals surface area contributed by atoms with Gasteiger partial charge in [0.2, 0.25) is 5.91 Å². The van der Waals surface area contributed by atoms with Crippen LogP contribution in [0.4, 0.5) is 0 Å². The zero-order valence-electron chi connectivity index (χ0n) is 10.9. The number of hydrogen-bond acceptors (Lipinski definition) is 3. The predicted octanol–water partition coefficient (Wildman–Crippen LogP) is 1.35. The Hall–Kier alpha value is -1.42. The Morgan fingerprint density at radius 2 is 2.33 bits per heavy atom. The summed E-state index contributed by atoms with van der Waals surface area (Å²) < 4.78 is 0. The van der Waals surface area contributed by atoms with E-state index in [4.69, 9.17) is 5.73 Å². The number of hydrogen-bond donors (Lipinski definition) is 1. The van der Waals surface area contributed by atoms with Crippen molar-refractivity contribution in [3.8, 4) is 0 Å². The van der Waals surface area contributed by atoms with E-state index in [0.717, 1.165) is 25.0 Å². The highest BCUT2D eigenvalue weighted by Gasteiger charge is 2.30. The molecule has 18 heavy (non-hydrogen) atoms. The standard InChI is InChI=1S/C14H21N3O/c1-11-5-4-7-13(10-15)17(11)14(18)9-12-6-2-3-8-16-12/h2-3,6,8,11,13H,4-5,7,9-10,15H2,1H3. The number of rotatable bonds is 3. The summed E-state index contributed by atoms with van der Waals surface area (Å²) in [7, 11) is 0. The summed E-state index contributed by atoms with van der Waals surface area (Å²) in [5.74, 6) is 0.149. The molecular weight excluding hydrogens is 226 g/mol. The number of likely N-dealkylation sites (tertiary alicyclic amines) is 1. The normalized spacial score (nSPS) is 24.0. The van der Waals surface area contributed by atoms with Crippen LogP contribution in [0.25, 0.3) is 0 Å². The van der Waals surface area contributed by atoms with Gasteiger partial charge in [-0.3, -0.25) is 9.78 Å². The van der Waals surface area contributed by atoms with Gasteiger partial charge in [-0.15, -0.1) is 0 Å². The highest BCUT2D eigenvalue weighted by molar-refractivity contribution is 5.79. The van der Waals surface area contributed by atoms with Gasteiger partial charge in [0, 0.05) is 30.5 Å². The SMILES string of the molecule is CC1CCCC(CN)N1C(=O)Cc1ccccn1. The van der Waals surface area contributed by atoms with Gasteiger partial charge in [0.1, 0.15) is 0 Å². The van der Waals surface area contributed by atoms with Crippen LogP contribution in [0.5, 0.6) is 0 Å². The maximum Gasteiger partial charge on any atom is 0.229 e. The molecule has 0 bridgehead atoms. The lowest BCUT2D eigenvalue weighted by Crippen LogP contribution is -2.52. The fraction of sp³-hybridized carbons (Fsp3) is 0.571. The summed E-state index contributed by atoms with van der Waals surface area (Å²) >= 11 is 0. The topological polar surface area (TPSA) is 59.2 Å². The van der Waals surface area contributed by atoms with Gasteiger partial charge >= 0.3 is 0 Å². The van der Waals surface area contributed by atoms with E-state index in [-0.39, 0.29) is 11.9 Å². The Morgan fingerprint density at radius 1 is 1.50 bits per heavy atom. The van der Waals surface area contributed by atoms with Gasteiger partial charge in [0.25, 0.3) is 0 Å². The largest absolute Gasteiger partial charge is 0.335 e. The van der Waals surface area contributed by atoms with Crippen LogP contribution in [0, 0.1) is 0 Å². The maximum atomic E-state index is 12.4. The van der Waals surface area contributed by atoms with Crippen LogP contribution < -0.4 is 5.73 Å². The third kappa shape index (κ3) is 2.88. The molecule has 0 aromatic carbocycles. The minimum atomic E-state index is 0.149. The van der Waals surface area contributed by atoms with Gasteiger partial charge in [0.15, 0.2) is 0 Å². The number of nitrogens with zero attached hydrogens (tertiary/aromatic N) is 2. The smallest absolute Gasteiger partial charge is 0.229 e. The molecule has 2 rings (SSSR count). The van der Waals surface area contributed by atoms with Crippen molar-refractivity contribution in [2.45, 2.75) is 44.7 Å². The second kappa shape index (κ2) is 5.96. The van der Waals surface area contributed by atoms with Crippen molar-refractivity contribution in [2.75, 3.05) is 6.54 Å². The van der Waals surface area contributed by atoms with E-state index in [9.17, 15) is 4.79 Å². The summed E-state index contributed by atoms with van der Waals surface area (Å²) in [6.45, 7) is 2.66. The Labute approximate surface area is 108 Å². The second-order valence-electron chi connectivity index (χ2n) is 4.97. The third-order valence-corrected chi connectivity index (χ3v) is 3.65. The monoisotopic (exact) mass is 247 g/mol. The molecule has 1 aliphatic heterocycles. The van der Waals surface area contributed by atoms with Gasteiger partial charge in [-0.05, 0) is 38.3 Å². The van der Waals surface area contributed by atoms with Crippen molar-refractivity contribution in [1.82, 2.24) is 9.88 Å². The molecule has 0 spiro atoms. The predicted molar refractivity (Wildman–Crippen MR) is 70.9 cm³/mol. The van der Waals surface area contributed by atoms with Crippen molar-refractivity contribution < 1.29 is 4.79 Å². The molecule has 1 aliphatic rings. The molecule has 1 aromatic rings. The molecule has 1 aromatic heterocycles. The highest BCUT2D eigenvalue weighted by Crippen LogP contribution is 2.23. The van der Waals surface area contributed by atoms with Crippen molar-refractivity contribution in [3.63, 3.8) is 0 Å². The van der Waals surface area contributed by atoms with Crippen molar-refractivity contribution in [3.05, 3.63) is 30.1 Å². The van der Waals surface area contributed by atoms with Crippen LogP contribution >= 0.6 is 0 Å². The highest BCUT2D eigenvalue weighted by atomic mass is 16.2. The van der Waals surface area contributed by atoms with Crippen LogP contribution in [-0.2, 0) is 11.2 Å². The lowest BCUT2D eigenvalue weighted by Gasteiger charge is -2.40. The fourth-order valence-corrected chi connectivity index (χ4v) is 2.72. The molecule has 0 radical (unpaired) electrons. The number of nitrogens with two attached hydrogens (primary N) is 1. The van der Waals surface area contributed by atoms with Gasteiger partial charge in [-0.1, -0.05) is 6.07 Å². The minimum absolute atomic E-state index is 0.149. The van der Waals surface area contributed by atoms with Crippen molar-refractivity contribution in [1.29, 1.82) is 0 Å². The minimum Gasteiger partial charge on any atom is -0.335 e. The third-order valence-electron chi connectivity index (χ3n) is 3.65. The summed E-state index contributed by atoms with van der Waals surface area (Å²) in [6.07, 6.45) is 5.36. The first-order valence-corrected chi connectivity index (χ1v) is 6.63. The first-order chi connectivity index (χ1) is 8.72. The molecule has 1 fully saturated rings. The van der Waals surface area contributed by atoms with Gasteiger partial charge in [0.05, 0.1) is 6.42 Å². The molecule has 2 unspecified atom stereocenters. The number of carbonyl (C=O) groups excluding carboxylic acids is 1. The van der Waals surface area contributed by atoms with Crippen LogP contribution in [-0.4, -0.2) is 34.4 Å². The lowest BCUT2D eigenvalue weighted by atomic mass is 9.95. The summed E-state index contributed by atoms with van der Waals surface area (Å²) in [5.41, 5.74) is 6.61. The molecule has 0 saturated carbocycles. The Kier molecular flexibility index (Phi) is 4.31. The Balaban J connectivity index is 2.06. The second-order valence-corrected chi connectivity index (χ2v) is 4.97. The molecule has 98 valence electrons. The Morgan fingerprint density at radius 3 is 3.00 bits per heavy atom. The molecule has 2 atom stereocenters. The molecular formula is C14H21N3O. The van der Waals surface area contributed by atoms with Crippen LogP contribution in [0.2, 0.25) is 0 Å². The zero-order chi connectivity index (χ0) is 13.0. The van der Waals surface area contributed by atoms with E-state index in [1.807, 2.05) is 23.1 Å². The van der Waals surface area contributed by atoms with E-state index < -0.39 is 0 Å². The van der Waals surface area contributed by atoms with E-state index in [1.165, 1.54) is 0 Å². The van der Waals surface area contributed by atoms with Crippen LogP contribution in [0.3, 0.4) is 0 Å². The molecule has 1 amide bonds. The van der Waals surface area contributed by atoms with E-state index in [0.29, 0.717) is 19.0 Å². The average Bonchev–Trinajstić information content (AvgIpc) is 2.39. The van der Waals surface area contributed by atoms with Crippen LogP contribution in [0.15, 0.2) is 24.4 Å². The van der Waals surface area contributed by atoms with Gasteiger partial charge in [-0.25, -0.2) is 0 Å². The van der Waals surface area contributed by atoms with Crippen molar-refractivity contribution in [2.24, 2.45) is 5.73 Å². The quantitative estimate of drug-likeness (QED) is 0.877. The van der Waals surface area contributed by atoms with Gasteiger partial charge in [-0.2, -0.15) is 0 Å². The molecule has 1 saturated heterocycles. The van der Waals surface area contributed by atoms with E-state index >= 15 is 0 Å². The summed E-state index contributed by atoms with van der Waals surface area (Å²) in [5, 5.41) is 0. The maximum absolute atomic E-state index is 12.4. The average molecular weight is 247 g/mol. The summed E-state index contributed by atoms with van der Waals surface area (Å²) in [4.78, 5) is 18.6. The molecule has 4 heteroatoms. The van der Waals surface area contributed by atoms with E-state index in [1.54, 1.807) is 6.20 Å². The van der Waals surface area contributed by atoms with Gasteiger partial charge < -0.3 is 10.6 Å². The zero-order valence-corrected chi connectivity index (χ0v) is 10.9. The van der Waals surface area contributed by atoms with Crippen LogP contribution in [0.1, 0.15) is 31.9 Å². The number of pyridine rings is 1. The van der Waals surface area contributed by atoms with E-state index in [2.05, 4.69) is 11.9 Å². The number of carbonyl (C=O) groups is 1. The Bertz CT molecular complexity index is 393. The molecule has 2 N–H and O–H groups in total. The summed E-state index contributed by atoms with van der Waals surface area (Å²) in [6, 6.07) is 6.16.